The van der Waals surface area contributed by atoms with Crippen molar-refractivity contribution in [3.63, 3.8) is 0 Å². The third-order valence-electron chi connectivity index (χ3n) is 7.31. The molecule has 2 aromatic rings. The van der Waals surface area contributed by atoms with Crippen molar-refractivity contribution in [1.29, 1.82) is 0 Å². The van der Waals surface area contributed by atoms with Gasteiger partial charge in [0.05, 0.1) is 25.1 Å². The average Bonchev–Trinajstić information content (AvgIpc) is 3.51. The monoisotopic (exact) mass is 488 g/mol. The third-order valence-corrected chi connectivity index (χ3v) is 7.31. The van der Waals surface area contributed by atoms with E-state index < -0.39 is 0 Å². The van der Waals surface area contributed by atoms with E-state index in [-0.39, 0.29) is 11.9 Å². The van der Waals surface area contributed by atoms with Crippen molar-refractivity contribution in [2.45, 2.75) is 38.3 Å². The maximum absolute atomic E-state index is 12.9. The Morgan fingerprint density at radius 1 is 1.17 bits per heavy atom. The van der Waals surface area contributed by atoms with E-state index in [1.165, 1.54) is 0 Å². The van der Waals surface area contributed by atoms with Crippen molar-refractivity contribution in [3.8, 4) is 22.6 Å². The Morgan fingerprint density at radius 3 is 2.81 bits per heavy atom. The van der Waals surface area contributed by atoms with E-state index in [0.29, 0.717) is 11.2 Å². The highest BCUT2D eigenvalue weighted by atomic mass is 16.5. The van der Waals surface area contributed by atoms with Crippen molar-refractivity contribution in [2.75, 3.05) is 45.2 Å². The number of aromatic nitrogens is 5. The predicted molar refractivity (Wildman–Crippen MR) is 137 cm³/mol. The number of aryl methyl sites for hydroxylation is 1. The number of rotatable bonds is 8. The van der Waals surface area contributed by atoms with Crippen LogP contribution < -0.4 is 10.6 Å². The normalized spacial score (nSPS) is 16.9. The lowest BCUT2D eigenvalue weighted by atomic mass is 9.93. The zero-order valence-corrected chi connectivity index (χ0v) is 20.6. The van der Waals surface area contributed by atoms with Gasteiger partial charge in [-0.15, -0.1) is 0 Å². The molecule has 0 aromatic carbocycles. The summed E-state index contributed by atoms with van der Waals surface area (Å²) in [4.78, 5) is 25.1. The Kier molecular flexibility index (Phi) is 6.28. The van der Waals surface area contributed by atoms with Crippen molar-refractivity contribution < 1.29 is 9.53 Å². The van der Waals surface area contributed by atoms with Gasteiger partial charge in [-0.1, -0.05) is 0 Å². The molecule has 10 nitrogen and oxygen atoms in total. The number of carbonyl (C=O) groups excluding carboxylic acids is 1. The van der Waals surface area contributed by atoms with Gasteiger partial charge >= 0.3 is 0 Å². The number of ether oxygens (including phenoxy) is 1. The molecule has 4 aliphatic rings. The number of fused-ring (bicyclic) bond motifs is 2. The molecule has 0 unspecified atom stereocenters. The Bertz CT molecular complexity index is 1340. The van der Waals surface area contributed by atoms with Crippen LogP contribution in [0.2, 0.25) is 0 Å². The molecule has 0 bridgehead atoms. The Morgan fingerprint density at radius 2 is 2.03 bits per heavy atom. The second-order valence-electron chi connectivity index (χ2n) is 9.59. The lowest BCUT2D eigenvalue weighted by Gasteiger charge is -2.26. The van der Waals surface area contributed by atoms with Crippen LogP contribution in [-0.2, 0) is 11.3 Å². The van der Waals surface area contributed by atoms with Gasteiger partial charge in [-0.25, -0.2) is 9.97 Å². The highest BCUT2D eigenvalue weighted by molar-refractivity contribution is 6.00. The molecule has 0 spiro atoms. The molecule has 10 heteroatoms. The number of hydrogen-bond donors (Lipinski definition) is 2. The first kappa shape index (κ1) is 22.9. The summed E-state index contributed by atoms with van der Waals surface area (Å²) in [6.45, 7) is 5.60. The van der Waals surface area contributed by atoms with Gasteiger partial charge in [0.1, 0.15) is 17.2 Å². The Labute approximate surface area is 210 Å². The first-order valence-electron chi connectivity index (χ1n) is 12.8. The van der Waals surface area contributed by atoms with Gasteiger partial charge in [-0.05, 0) is 37.8 Å². The lowest BCUT2D eigenvalue weighted by molar-refractivity contribution is 0.0369. The fourth-order valence-electron chi connectivity index (χ4n) is 5.02. The molecule has 36 heavy (non-hydrogen) atoms. The Balaban J connectivity index is 1.27. The molecule has 1 aliphatic carbocycles. The molecule has 6 rings (SSSR count). The third kappa shape index (κ3) is 4.31. The second-order valence-corrected chi connectivity index (χ2v) is 9.59. The van der Waals surface area contributed by atoms with Crippen LogP contribution in [0.3, 0.4) is 0 Å². The first-order chi connectivity index (χ1) is 17.7. The smallest absolute Gasteiger partial charge is 0.256 e. The largest absolute Gasteiger partial charge is 0.379 e. The molecule has 0 radical (unpaired) electrons. The number of pyridine rings is 1. The molecule has 3 aliphatic heterocycles. The van der Waals surface area contributed by atoms with Crippen LogP contribution in [-0.4, -0.2) is 80.9 Å². The molecule has 0 atom stereocenters. The van der Waals surface area contributed by atoms with Crippen molar-refractivity contribution in [3.05, 3.63) is 42.4 Å². The van der Waals surface area contributed by atoms with E-state index in [0.717, 1.165) is 93.5 Å². The summed E-state index contributed by atoms with van der Waals surface area (Å²) in [7, 11) is 1.85. The van der Waals surface area contributed by atoms with Gasteiger partial charge in [0.2, 0.25) is 0 Å². The van der Waals surface area contributed by atoms with Gasteiger partial charge < -0.3 is 19.9 Å². The van der Waals surface area contributed by atoms with Gasteiger partial charge in [0.15, 0.2) is 5.65 Å². The highest BCUT2D eigenvalue weighted by Gasteiger charge is 2.24. The number of amides is 1. The van der Waals surface area contributed by atoms with Gasteiger partial charge in [-0.2, -0.15) is 9.61 Å². The summed E-state index contributed by atoms with van der Waals surface area (Å²) in [6.07, 6.45) is 9.85. The van der Waals surface area contributed by atoms with Crippen molar-refractivity contribution >= 4 is 17.4 Å². The molecule has 1 saturated carbocycles. The molecule has 5 heterocycles. The zero-order chi connectivity index (χ0) is 24.5. The van der Waals surface area contributed by atoms with Crippen LogP contribution in [0.15, 0.2) is 36.8 Å². The van der Waals surface area contributed by atoms with Gasteiger partial charge in [0, 0.05) is 68.9 Å². The fourth-order valence-corrected chi connectivity index (χ4v) is 5.02. The molecule has 2 N–H and O–H groups in total. The average molecular weight is 489 g/mol. The fraction of sp³-hybridized carbons (Fsp3) is 0.462. The number of carbonyl (C=O) groups is 1. The highest BCUT2D eigenvalue weighted by Crippen LogP contribution is 2.34. The van der Waals surface area contributed by atoms with E-state index in [9.17, 15) is 4.79 Å². The summed E-state index contributed by atoms with van der Waals surface area (Å²) < 4.78 is 9.35. The second kappa shape index (κ2) is 9.87. The van der Waals surface area contributed by atoms with E-state index >= 15 is 0 Å². The van der Waals surface area contributed by atoms with Crippen LogP contribution in [0.25, 0.3) is 28.3 Å². The molecule has 1 amide bonds. The number of morpholine rings is 1. The zero-order valence-electron chi connectivity index (χ0n) is 20.6. The number of anilines is 1. The minimum Gasteiger partial charge on any atom is -0.379 e. The molecular weight excluding hydrogens is 456 g/mol. The van der Waals surface area contributed by atoms with E-state index in [1.54, 1.807) is 10.7 Å². The summed E-state index contributed by atoms with van der Waals surface area (Å²) >= 11 is 0. The summed E-state index contributed by atoms with van der Waals surface area (Å²) in [5.74, 6) is 1.59. The molecule has 1 saturated heterocycles. The van der Waals surface area contributed by atoms with Crippen molar-refractivity contribution in [2.24, 2.45) is 0 Å². The minimum absolute atomic E-state index is 0.120. The summed E-state index contributed by atoms with van der Waals surface area (Å²) in [5, 5.41) is 10.7. The molecule has 2 fully saturated rings. The summed E-state index contributed by atoms with van der Waals surface area (Å²) in [6, 6.07) is 6.36. The SMILES string of the molecule is CNc1cc(-c2cnc3n(CCCN4CCOCC4)cccc2-3)nc2c(C(=O)NC3CCC3)cnn12. The van der Waals surface area contributed by atoms with E-state index in [4.69, 9.17) is 14.7 Å². The topological polar surface area (TPSA) is 102 Å². The standard InChI is InChI=1S/C26H32N8O2/c1-27-23-15-22(31-25-21(17-29-34(23)25)26(35)30-18-5-2-6-18)20-16-28-24-19(20)7-3-9-33(24)10-4-8-32-11-13-36-14-12-32/h3,7,9,15-18,27H,2,4-6,8,10-14H2,1H3,(H,30,35). The molecule has 2 aromatic heterocycles. The maximum atomic E-state index is 12.9. The van der Waals surface area contributed by atoms with Gasteiger partial charge in [0.25, 0.3) is 5.91 Å². The van der Waals surface area contributed by atoms with E-state index in [1.807, 2.05) is 19.3 Å². The number of nitrogens with zero attached hydrogens (tertiary/aromatic N) is 6. The van der Waals surface area contributed by atoms with Crippen LogP contribution in [0.4, 0.5) is 5.82 Å². The summed E-state index contributed by atoms with van der Waals surface area (Å²) in [5.41, 5.74) is 3.78. The van der Waals surface area contributed by atoms with Crippen molar-refractivity contribution in [1.82, 2.24) is 34.4 Å². The van der Waals surface area contributed by atoms with E-state index in [2.05, 4.69) is 43.5 Å². The number of nitrogens with one attached hydrogen (secondary N) is 2. The number of hydrogen-bond acceptors (Lipinski definition) is 7. The van der Waals surface area contributed by atoms with Crippen LogP contribution in [0.1, 0.15) is 36.0 Å². The van der Waals surface area contributed by atoms with Crippen LogP contribution in [0, 0.1) is 0 Å². The maximum Gasteiger partial charge on any atom is 0.256 e. The predicted octanol–water partition coefficient (Wildman–Crippen LogP) is 2.74. The van der Waals surface area contributed by atoms with Gasteiger partial charge in [-0.3, -0.25) is 9.69 Å². The quantitative estimate of drug-likeness (QED) is 0.393. The minimum atomic E-state index is -0.120. The molecule has 188 valence electrons. The first-order valence-corrected chi connectivity index (χ1v) is 12.8. The molecular formula is C26H32N8O2. The lowest BCUT2D eigenvalue weighted by Crippen LogP contribution is -2.39. The van der Waals surface area contributed by atoms with Crippen LogP contribution >= 0.6 is 0 Å². The Hall–Kier alpha value is -3.50. The van der Waals surface area contributed by atoms with Crippen LogP contribution in [0.5, 0.6) is 0 Å².